The van der Waals surface area contributed by atoms with Gasteiger partial charge in [-0.15, -0.1) is 0 Å². The molecule has 0 bridgehead atoms. The van der Waals surface area contributed by atoms with Crippen LogP contribution in [-0.4, -0.2) is 53.0 Å². The number of halogens is 1. The molecule has 9 nitrogen and oxygen atoms in total. The third-order valence-electron chi connectivity index (χ3n) is 4.41. The number of esters is 1. The zero-order valence-electron chi connectivity index (χ0n) is 18.6. The minimum absolute atomic E-state index is 0.0895. The van der Waals surface area contributed by atoms with Crippen LogP contribution in [0.1, 0.15) is 28.8 Å². The lowest BCUT2D eigenvalue weighted by atomic mass is 10.3. The number of carbonyl (C=O) groups is 2. The number of benzene rings is 1. The first kappa shape index (κ1) is 24.1. The molecule has 0 radical (unpaired) electrons. The van der Waals surface area contributed by atoms with Gasteiger partial charge in [-0.25, -0.2) is 14.5 Å². The topological polar surface area (TPSA) is 105 Å². The summed E-state index contributed by atoms with van der Waals surface area (Å²) in [6, 6.07) is 12.2. The van der Waals surface area contributed by atoms with Gasteiger partial charge in [0.2, 0.25) is 0 Å². The summed E-state index contributed by atoms with van der Waals surface area (Å²) in [6.45, 7) is 6.27. The van der Waals surface area contributed by atoms with Gasteiger partial charge in [0, 0.05) is 5.69 Å². The van der Waals surface area contributed by atoms with Crippen LogP contribution in [0.3, 0.4) is 0 Å². The Labute approximate surface area is 196 Å². The molecule has 0 spiro atoms. The van der Waals surface area contributed by atoms with E-state index in [1.165, 1.54) is 6.07 Å². The lowest BCUT2D eigenvalue weighted by Crippen LogP contribution is -2.32. The molecule has 3 aromatic rings. The number of aromatic nitrogens is 3. The number of carbonyl (C=O) groups excluding carboxylic acids is 2. The molecule has 33 heavy (non-hydrogen) atoms. The fraction of sp³-hybridized carbons (Fsp3) is 0.304. The Morgan fingerprint density at radius 3 is 2.39 bits per heavy atom. The van der Waals surface area contributed by atoms with Gasteiger partial charge in [0.1, 0.15) is 18.1 Å². The smallest absolute Gasteiger partial charge is 0.359 e. The van der Waals surface area contributed by atoms with Gasteiger partial charge in [0.15, 0.2) is 18.1 Å². The second-order valence-electron chi connectivity index (χ2n) is 7.02. The number of rotatable bonds is 10. The summed E-state index contributed by atoms with van der Waals surface area (Å²) in [5.41, 5.74) is 1.58. The van der Waals surface area contributed by atoms with Crippen molar-refractivity contribution in [3.05, 3.63) is 64.6 Å². The minimum atomic E-state index is -0.802. The van der Waals surface area contributed by atoms with E-state index in [9.17, 15) is 9.59 Å². The maximum atomic E-state index is 12.4. The lowest BCUT2D eigenvalue weighted by molar-refractivity contribution is -0.124. The summed E-state index contributed by atoms with van der Waals surface area (Å²) >= 11 is 6.11. The number of pyridine rings is 1. The molecule has 1 amide bonds. The summed E-state index contributed by atoms with van der Waals surface area (Å²) in [5.74, 6) is 0.568. The normalized spacial score (nSPS) is 10.5. The molecule has 0 fully saturated rings. The fourth-order valence-corrected chi connectivity index (χ4v) is 3.14. The van der Waals surface area contributed by atoms with Crippen molar-refractivity contribution >= 4 is 23.5 Å². The highest BCUT2D eigenvalue weighted by Crippen LogP contribution is 2.19. The van der Waals surface area contributed by atoms with Crippen molar-refractivity contribution in [2.45, 2.75) is 20.8 Å². The number of nitrogens with zero attached hydrogens (tertiary/aromatic N) is 3. The van der Waals surface area contributed by atoms with E-state index in [1.54, 1.807) is 35.0 Å². The molecule has 0 aliphatic heterocycles. The molecule has 174 valence electrons. The third kappa shape index (κ3) is 6.69. The van der Waals surface area contributed by atoms with Crippen molar-refractivity contribution in [2.24, 2.45) is 0 Å². The number of amides is 1. The molecule has 0 saturated heterocycles. The van der Waals surface area contributed by atoms with Gasteiger partial charge in [-0.1, -0.05) is 11.6 Å². The molecule has 0 atom stereocenters. The van der Waals surface area contributed by atoms with Gasteiger partial charge >= 0.3 is 5.97 Å². The quantitative estimate of drug-likeness (QED) is 0.356. The Kier molecular flexibility index (Phi) is 8.26. The SMILES string of the molecule is CCOc1ccc(OCCNC(=O)COC(=O)c2nc(-n3nc(C)cc3C)ccc2Cl)cc1. The Morgan fingerprint density at radius 1 is 1.06 bits per heavy atom. The molecule has 1 aromatic carbocycles. The second kappa shape index (κ2) is 11.3. The number of hydrogen-bond donors (Lipinski definition) is 1. The van der Waals surface area contributed by atoms with Crippen molar-refractivity contribution in [2.75, 3.05) is 26.4 Å². The van der Waals surface area contributed by atoms with E-state index in [-0.39, 0.29) is 23.9 Å². The first-order chi connectivity index (χ1) is 15.9. The first-order valence-electron chi connectivity index (χ1n) is 10.4. The summed E-state index contributed by atoms with van der Waals surface area (Å²) in [4.78, 5) is 28.7. The van der Waals surface area contributed by atoms with Crippen molar-refractivity contribution in [1.82, 2.24) is 20.1 Å². The molecule has 0 aliphatic rings. The molecular weight excluding hydrogens is 448 g/mol. The molecule has 2 aromatic heterocycles. The highest BCUT2D eigenvalue weighted by molar-refractivity contribution is 6.33. The lowest BCUT2D eigenvalue weighted by Gasteiger charge is -2.10. The van der Waals surface area contributed by atoms with E-state index in [2.05, 4.69) is 15.4 Å². The number of nitrogens with one attached hydrogen (secondary N) is 1. The Morgan fingerprint density at radius 2 is 1.76 bits per heavy atom. The van der Waals surface area contributed by atoms with Crippen LogP contribution in [0.4, 0.5) is 0 Å². The predicted molar refractivity (Wildman–Crippen MR) is 122 cm³/mol. The van der Waals surface area contributed by atoms with E-state index < -0.39 is 18.5 Å². The minimum Gasteiger partial charge on any atom is -0.494 e. The van der Waals surface area contributed by atoms with Crippen molar-refractivity contribution < 1.29 is 23.8 Å². The van der Waals surface area contributed by atoms with Gasteiger partial charge < -0.3 is 19.5 Å². The molecule has 1 N–H and O–H groups in total. The highest BCUT2D eigenvalue weighted by atomic mass is 35.5. The molecule has 0 unspecified atom stereocenters. The average molecular weight is 473 g/mol. The van der Waals surface area contributed by atoms with Crippen LogP contribution >= 0.6 is 11.6 Å². The standard InChI is InChI=1S/C23H25ClN4O5/c1-4-31-17-5-7-18(8-6-17)32-12-11-25-21(29)14-33-23(30)22-19(24)9-10-20(26-22)28-16(3)13-15(2)27-28/h5-10,13H,4,11-12,14H2,1-3H3,(H,25,29). The Hall–Kier alpha value is -3.59. The Balaban J connectivity index is 1.46. The summed E-state index contributed by atoms with van der Waals surface area (Å²) in [5, 5.41) is 7.08. The van der Waals surface area contributed by atoms with E-state index >= 15 is 0 Å². The van der Waals surface area contributed by atoms with Crippen LogP contribution in [0.2, 0.25) is 5.02 Å². The van der Waals surface area contributed by atoms with Crippen LogP contribution in [-0.2, 0) is 9.53 Å². The van der Waals surface area contributed by atoms with Gasteiger partial charge in [-0.3, -0.25) is 4.79 Å². The maximum Gasteiger partial charge on any atom is 0.359 e. The van der Waals surface area contributed by atoms with Crippen LogP contribution in [0.15, 0.2) is 42.5 Å². The molecule has 0 saturated carbocycles. The molecule has 2 heterocycles. The van der Waals surface area contributed by atoms with E-state index in [1.807, 2.05) is 26.8 Å². The van der Waals surface area contributed by atoms with E-state index in [0.717, 1.165) is 17.1 Å². The molecular formula is C23H25ClN4O5. The monoisotopic (exact) mass is 472 g/mol. The average Bonchev–Trinajstić information content (AvgIpc) is 3.14. The zero-order valence-corrected chi connectivity index (χ0v) is 19.4. The largest absolute Gasteiger partial charge is 0.494 e. The molecule has 0 aliphatic carbocycles. The van der Waals surface area contributed by atoms with E-state index in [4.69, 9.17) is 25.8 Å². The summed E-state index contributed by atoms with van der Waals surface area (Å²) < 4.78 is 17.6. The summed E-state index contributed by atoms with van der Waals surface area (Å²) in [6.07, 6.45) is 0. The zero-order chi connectivity index (χ0) is 23.8. The second-order valence-corrected chi connectivity index (χ2v) is 7.42. The molecule has 10 heteroatoms. The van der Waals surface area contributed by atoms with Gasteiger partial charge in [-0.2, -0.15) is 5.10 Å². The first-order valence-corrected chi connectivity index (χ1v) is 10.7. The van der Waals surface area contributed by atoms with E-state index in [0.29, 0.717) is 18.2 Å². The number of ether oxygens (including phenoxy) is 3. The van der Waals surface area contributed by atoms with Crippen LogP contribution in [0.5, 0.6) is 11.5 Å². The maximum absolute atomic E-state index is 12.4. The summed E-state index contributed by atoms with van der Waals surface area (Å²) in [7, 11) is 0. The fourth-order valence-electron chi connectivity index (χ4n) is 2.96. The van der Waals surface area contributed by atoms with Gasteiger partial charge in [-0.05, 0) is 63.2 Å². The highest BCUT2D eigenvalue weighted by Gasteiger charge is 2.18. The van der Waals surface area contributed by atoms with Crippen LogP contribution in [0.25, 0.3) is 5.82 Å². The predicted octanol–water partition coefficient (Wildman–Crippen LogP) is 3.29. The van der Waals surface area contributed by atoms with Gasteiger partial charge in [0.25, 0.3) is 5.91 Å². The molecule has 3 rings (SSSR count). The van der Waals surface area contributed by atoms with Crippen molar-refractivity contribution in [3.63, 3.8) is 0 Å². The number of aryl methyl sites for hydroxylation is 2. The van der Waals surface area contributed by atoms with Crippen molar-refractivity contribution in [1.29, 1.82) is 0 Å². The van der Waals surface area contributed by atoms with Gasteiger partial charge in [0.05, 0.1) is 23.9 Å². The number of hydrogen-bond acceptors (Lipinski definition) is 7. The van der Waals surface area contributed by atoms with Crippen LogP contribution < -0.4 is 14.8 Å². The third-order valence-corrected chi connectivity index (χ3v) is 4.72. The van der Waals surface area contributed by atoms with Crippen LogP contribution in [0, 0.1) is 13.8 Å². The van der Waals surface area contributed by atoms with Crippen molar-refractivity contribution in [3.8, 4) is 17.3 Å². The Bertz CT molecular complexity index is 1110.